The molecule has 1 aliphatic heterocycles. The third-order valence-electron chi connectivity index (χ3n) is 3.03. The zero-order chi connectivity index (χ0) is 13.0. The van der Waals surface area contributed by atoms with E-state index in [1.165, 1.54) is 0 Å². The number of halogens is 2. The molecule has 0 spiro atoms. The summed E-state index contributed by atoms with van der Waals surface area (Å²) >= 11 is 3.38. The summed E-state index contributed by atoms with van der Waals surface area (Å²) in [6.07, 6.45) is 2.73. The van der Waals surface area contributed by atoms with E-state index >= 15 is 0 Å². The van der Waals surface area contributed by atoms with Gasteiger partial charge < -0.3 is 15.4 Å². The Hall–Kier alpha value is -0.780. The molecule has 2 N–H and O–H groups in total. The fraction of sp³-hybridized carbons (Fsp3) is 0.462. The molecule has 0 aliphatic carbocycles. The molecule has 1 aliphatic rings. The van der Waals surface area contributed by atoms with Crippen LogP contribution in [-0.2, 0) is 4.79 Å². The minimum atomic E-state index is 0. The van der Waals surface area contributed by atoms with Crippen molar-refractivity contribution in [3.8, 4) is 5.75 Å². The smallest absolute Gasteiger partial charge is 0.226 e. The molecule has 1 unspecified atom stereocenters. The molecule has 0 radical (unpaired) electrons. The molecule has 4 nitrogen and oxygen atoms in total. The summed E-state index contributed by atoms with van der Waals surface area (Å²) in [5.41, 5.74) is 0.704. The molecule has 0 bridgehead atoms. The fourth-order valence-electron chi connectivity index (χ4n) is 2.13. The molecule has 106 valence electrons. The molecule has 1 heterocycles. The number of benzene rings is 1. The lowest BCUT2D eigenvalue weighted by atomic mass is 10.1. The second kappa shape index (κ2) is 7.72. The molecule has 2 rings (SSSR count). The van der Waals surface area contributed by atoms with Crippen molar-refractivity contribution in [2.75, 3.05) is 19.0 Å². The van der Waals surface area contributed by atoms with Crippen LogP contribution in [0.1, 0.15) is 19.3 Å². The van der Waals surface area contributed by atoms with Gasteiger partial charge in [-0.25, -0.2) is 0 Å². The number of ether oxygens (including phenoxy) is 1. The van der Waals surface area contributed by atoms with Crippen LogP contribution in [0.15, 0.2) is 22.7 Å². The van der Waals surface area contributed by atoms with Crippen LogP contribution in [0.5, 0.6) is 5.75 Å². The molecule has 6 heteroatoms. The molecule has 1 atom stereocenters. The van der Waals surface area contributed by atoms with Crippen LogP contribution in [0.25, 0.3) is 0 Å². The summed E-state index contributed by atoms with van der Waals surface area (Å²) in [6.45, 7) is 1.01. The second-order valence-electron chi connectivity index (χ2n) is 4.39. The molecule has 19 heavy (non-hydrogen) atoms. The van der Waals surface area contributed by atoms with Gasteiger partial charge in [-0.2, -0.15) is 0 Å². The fourth-order valence-corrected chi connectivity index (χ4v) is 2.49. The maximum absolute atomic E-state index is 11.9. The molecule has 1 aromatic rings. The monoisotopic (exact) mass is 348 g/mol. The first-order valence-electron chi connectivity index (χ1n) is 6.06. The molecular weight excluding hydrogens is 332 g/mol. The summed E-state index contributed by atoms with van der Waals surface area (Å²) in [4.78, 5) is 11.9. The summed E-state index contributed by atoms with van der Waals surface area (Å²) in [5.74, 6) is 0.691. The van der Waals surface area contributed by atoms with E-state index in [9.17, 15) is 4.79 Å². The van der Waals surface area contributed by atoms with E-state index in [0.717, 1.165) is 23.9 Å². The SMILES string of the molecule is COc1ccc(Br)cc1NC(=O)CC1CCCN1.Cl. The number of hydrogen-bond donors (Lipinski definition) is 2. The standard InChI is InChI=1S/C13H17BrN2O2.ClH/c1-18-12-5-4-9(14)7-11(12)16-13(17)8-10-3-2-6-15-10;/h4-5,7,10,15H,2-3,6,8H2,1H3,(H,16,17);1H. The van der Waals surface area contributed by atoms with Gasteiger partial charge in [0.05, 0.1) is 12.8 Å². The largest absolute Gasteiger partial charge is 0.495 e. The quantitative estimate of drug-likeness (QED) is 0.878. The highest BCUT2D eigenvalue weighted by Crippen LogP contribution is 2.28. The van der Waals surface area contributed by atoms with Crippen molar-refractivity contribution < 1.29 is 9.53 Å². The van der Waals surface area contributed by atoms with Crippen LogP contribution in [0.3, 0.4) is 0 Å². The molecule has 1 amide bonds. The number of anilines is 1. The zero-order valence-electron chi connectivity index (χ0n) is 10.7. The first-order valence-corrected chi connectivity index (χ1v) is 6.85. The van der Waals surface area contributed by atoms with Crippen molar-refractivity contribution in [3.05, 3.63) is 22.7 Å². The minimum Gasteiger partial charge on any atom is -0.495 e. The molecule has 1 saturated heterocycles. The van der Waals surface area contributed by atoms with Gasteiger partial charge in [-0.15, -0.1) is 12.4 Å². The van der Waals surface area contributed by atoms with Crippen LogP contribution >= 0.6 is 28.3 Å². The van der Waals surface area contributed by atoms with Gasteiger partial charge in [0.2, 0.25) is 5.91 Å². The van der Waals surface area contributed by atoms with Gasteiger partial charge in [0.25, 0.3) is 0 Å². The Morgan fingerprint density at radius 3 is 3.00 bits per heavy atom. The lowest BCUT2D eigenvalue weighted by Gasteiger charge is -2.13. The topological polar surface area (TPSA) is 50.4 Å². The number of hydrogen-bond acceptors (Lipinski definition) is 3. The molecule has 1 fully saturated rings. The van der Waals surface area contributed by atoms with Crippen LogP contribution in [0.2, 0.25) is 0 Å². The minimum absolute atomic E-state index is 0. The van der Waals surface area contributed by atoms with Gasteiger partial charge in [-0.3, -0.25) is 4.79 Å². The number of rotatable bonds is 4. The van der Waals surface area contributed by atoms with Gasteiger partial charge >= 0.3 is 0 Å². The Morgan fingerprint density at radius 2 is 2.37 bits per heavy atom. The van der Waals surface area contributed by atoms with Crippen LogP contribution in [0.4, 0.5) is 5.69 Å². The average molecular weight is 350 g/mol. The van der Waals surface area contributed by atoms with Crippen molar-refractivity contribution in [1.82, 2.24) is 5.32 Å². The van der Waals surface area contributed by atoms with E-state index < -0.39 is 0 Å². The van der Waals surface area contributed by atoms with Gasteiger partial charge in [-0.1, -0.05) is 15.9 Å². The van der Waals surface area contributed by atoms with Crippen LogP contribution in [0, 0.1) is 0 Å². The van der Waals surface area contributed by atoms with E-state index in [4.69, 9.17) is 4.74 Å². The molecule has 0 aromatic heterocycles. The highest BCUT2D eigenvalue weighted by atomic mass is 79.9. The average Bonchev–Trinajstić information content (AvgIpc) is 2.82. The Labute approximate surface area is 127 Å². The number of carbonyl (C=O) groups is 1. The number of carbonyl (C=O) groups excluding carboxylic acids is 1. The van der Waals surface area contributed by atoms with Gasteiger partial charge in [0.1, 0.15) is 5.75 Å². The summed E-state index contributed by atoms with van der Waals surface area (Å²) in [5, 5.41) is 6.21. The Kier molecular flexibility index (Phi) is 6.62. The summed E-state index contributed by atoms with van der Waals surface area (Å²) in [7, 11) is 1.59. The first kappa shape index (κ1) is 16.3. The van der Waals surface area contributed by atoms with Crippen molar-refractivity contribution in [3.63, 3.8) is 0 Å². The van der Waals surface area contributed by atoms with Gasteiger partial charge in [0.15, 0.2) is 0 Å². The van der Waals surface area contributed by atoms with E-state index in [2.05, 4.69) is 26.6 Å². The Balaban J connectivity index is 0.00000180. The number of amides is 1. The Bertz CT molecular complexity index is 437. The highest BCUT2D eigenvalue weighted by molar-refractivity contribution is 9.10. The molecule has 0 saturated carbocycles. The van der Waals surface area contributed by atoms with Crippen molar-refractivity contribution in [2.45, 2.75) is 25.3 Å². The maximum Gasteiger partial charge on any atom is 0.226 e. The van der Waals surface area contributed by atoms with E-state index in [-0.39, 0.29) is 18.3 Å². The van der Waals surface area contributed by atoms with Crippen molar-refractivity contribution in [1.29, 1.82) is 0 Å². The highest BCUT2D eigenvalue weighted by Gasteiger charge is 2.18. The van der Waals surface area contributed by atoms with E-state index in [1.807, 2.05) is 18.2 Å². The predicted octanol–water partition coefficient (Wildman–Crippen LogP) is 2.96. The summed E-state index contributed by atoms with van der Waals surface area (Å²) in [6, 6.07) is 5.86. The van der Waals surface area contributed by atoms with Crippen LogP contribution < -0.4 is 15.4 Å². The third kappa shape index (κ3) is 4.67. The van der Waals surface area contributed by atoms with Gasteiger partial charge in [-0.05, 0) is 37.6 Å². The van der Waals surface area contributed by atoms with Crippen LogP contribution in [-0.4, -0.2) is 25.6 Å². The second-order valence-corrected chi connectivity index (χ2v) is 5.31. The van der Waals surface area contributed by atoms with E-state index in [1.54, 1.807) is 7.11 Å². The maximum atomic E-state index is 11.9. The zero-order valence-corrected chi connectivity index (χ0v) is 13.1. The predicted molar refractivity (Wildman–Crippen MR) is 82.2 cm³/mol. The normalized spacial score (nSPS) is 17.7. The summed E-state index contributed by atoms with van der Waals surface area (Å²) < 4.78 is 6.13. The first-order chi connectivity index (χ1) is 8.69. The van der Waals surface area contributed by atoms with Gasteiger partial charge in [0, 0.05) is 16.9 Å². The number of methoxy groups -OCH3 is 1. The number of nitrogens with one attached hydrogen (secondary N) is 2. The Morgan fingerprint density at radius 1 is 1.58 bits per heavy atom. The third-order valence-corrected chi connectivity index (χ3v) is 3.52. The van der Waals surface area contributed by atoms with Crippen molar-refractivity contribution >= 4 is 39.9 Å². The lowest BCUT2D eigenvalue weighted by Crippen LogP contribution is -2.27. The van der Waals surface area contributed by atoms with Crippen molar-refractivity contribution in [2.24, 2.45) is 0 Å². The molecule has 1 aromatic carbocycles. The lowest BCUT2D eigenvalue weighted by molar-refractivity contribution is -0.116. The molecular formula is C13H18BrClN2O2. The van der Waals surface area contributed by atoms with E-state index in [0.29, 0.717) is 23.9 Å².